The third-order valence-electron chi connectivity index (χ3n) is 4.34. The van der Waals surface area contributed by atoms with Gasteiger partial charge in [-0.25, -0.2) is 4.98 Å². The second kappa shape index (κ2) is 6.72. The third-order valence-corrected chi connectivity index (χ3v) is 4.34. The number of hydrogen-bond acceptors (Lipinski definition) is 5. The molecule has 1 aliphatic heterocycles. The summed E-state index contributed by atoms with van der Waals surface area (Å²) in [6.45, 7) is 7.68. The van der Waals surface area contributed by atoms with Crippen molar-refractivity contribution in [2.24, 2.45) is 5.41 Å². The van der Waals surface area contributed by atoms with E-state index in [4.69, 9.17) is 0 Å². The number of rotatable bonds is 3. The molecule has 0 aromatic carbocycles. The largest absolute Gasteiger partial charge is 0.363 e. The average molecular weight is 319 g/mol. The van der Waals surface area contributed by atoms with Gasteiger partial charge in [0.05, 0.1) is 0 Å². The highest BCUT2D eigenvalue weighted by Gasteiger charge is 2.31. The number of anilines is 2. The lowest BCUT2D eigenvalue weighted by Gasteiger charge is -2.39. The molecule has 0 aliphatic carbocycles. The van der Waals surface area contributed by atoms with E-state index in [2.05, 4.69) is 14.9 Å². The summed E-state index contributed by atoms with van der Waals surface area (Å²) >= 11 is 0. The average Bonchev–Trinajstić information content (AvgIpc) is 2.53. The molecule has 128 valence electrons. The van der Waals surface area contributed by atoms with Gasteiger partial charge in [-0.2, -0.15) is 4.98 Å². The van der Waals surface area contributed by atoms with Crippen molar-refractivity contribution in [2.45, 2.75) is 39.7 Å². The van der Waals surface area contributed by atoms with Crippen LogP contribution in [-0.4, -0.2) is 61.0 Å². The van der Waals surface area contributed by atoms with Crippen LogP contribution in [0.1, 0.15) is 33.6 Å². The lowest BCUT2D eigenvalue weighted by molar-refractivity contribution is -0.140. The topological polar surface area (TPSA) is 52.6 Å². The summed E-state index contributed by atoms with van der Waals surface area (Å²) in [5, 5.41) is 0. The van der Waals surface area contributed by atoms with Gasteiger partial charge in [-0.1, -0.05) is 20.8 Å². The van der Waals surface area contributed by atoms with Crippen LogP contribution in [0.25, 0.3) is 0 Å². The molecule has 2 heterocycles. The van der Waals surface area contributed by atoms with Gasteiger partial charge in [-0.15, -0.1) is 0 Å². The van der Waals surface area contributed by atoms with Gasteiger partial charge in [-0.3, -0.25) is 4.79 Å². The molecule has 0 bridgehead atoms. The maximum atomic E-state index is 12.4. The first-order valence-electron chi connectivity index (χ1n) is 8.22. The van der Waals surface area contributed by atoms with E-state index < -0.39 is 0 Å². The Morgan fingerprint density at radius 2 is 1.83 bits per heavy atom. The number of aromatic nitrogens is 2. The molecule has 6 heteroatoms. The second-order valence-corrected chi connectivity index (χ2v) is 7.49. The first kappa shape index (κ1) is 17.5. The summed E-state index contributed by atoms with van der Waals surface area (Å²) in [5.41, 5.74) is -0.324. The summed E-state index contributed by atoms with van der Waals surface area (Å²) in [4.78, 5) is 27.5. The van der Waals surface area contributed by atoms with Crippen molar-refractivity contribution in [2.75, 3.05) is 44.0 Å². The molecule has 0 spiro atoms. The van der Waals surface area contributed by atoms with Gasteiger partial charge in [0.25, 0.3) is 0 Å². The Bertz CT molecular complexity index is 544. The lowest BCUT2D eigenvalue weighted by atomic mass is 9.93. The molecule has 0 N–H and O–H groups in total. The van der Waals surface area contributed by atoms with E-state index in [9.17, 15) is 4.79 Å². The van der Waals surface area contributed by atoms with E-state index in [-0.39, 0.29) is 11.3 Å². The van der Waals surface area contributed by atoms with Crippen molar-refractivity contribution in [3.8, 4) is 0 Å². The number of carbonyl (C=O) groups excluding carboxylic acids is 1. The van der Waals surface area contributed by atoms with Gasteiger partial charge in [-0.05, 0) is 18.9 Å². The lowest BCUT2D eigenvalue weighted by Crippen LogP contribution is -2.49. The molecule has 1 saturated heterocycles. The Balaban J connectivity index is 1.99. The molecule has 0 atom stereocenters. The van der Waals surface area contributed by atoms with E-state index in [1.807, 2.05) is 57.8 Å². The van der Waals surface area contributed by atoms with E-state index in [1.54, 1.807) is 6.20 Å². The SMILES string of the molecule is CN(C)c1ccnc(N2CCC(N(C)C(=O)C(C)(C)C)CC2)n1. The minimum atomic E-state index is -0.324. The fraction of sp³-hybridized carbons (Fsp3) is 0.706. The predicted octanol–water partition coefficient (Wildman–Crippen LogP) is 2.02. The summed E-state index contributed by atoms with van der Waals surface area (Å²) in [6.07, 6.45) is 3.71. The zero-order valence-corrected chi connectivity index (χ0v) is 15.2. The van der Waals surface area contributed by atoms with Crippen molar-refractivity contribution in [1.82, 2.24) is 14.9 Å². The van der Waals surface area contributed by atoms with Crippen LogP contribution in [-0.2, 0) is 4.79 Å². The maximum Gasteiger partial charge on any atom is 0.227 e. The van der Waals surface area contributed by atoms with Crippen molar-refractivity contribution >= 4 is 17.7 Å². The molecule has 1 aromatic rings. The van der Waals surface area contributed by atoms with Crippen molar-refractivity contribution in [3.05, 3.63) is 12.3 Å². The monoisotopic (exact) mass is 319 g/mol. The van der Waals surface area contributed by atoms with E-state index in [1.165, 1.54) is 0 Å². The normalized spacial score (nSPS) is 16.3. The first-order valence-corrected chi connectivity index (χ1v) is 8.22. The van der Waals surface area contributed by atoms with Crippen LogP contribution in [0.3, 0.4) is 0 Å². The zero-order chi connectivity index (χ0) is 17.2. The van der Waals surface area contributed by atoms with Gasteiger partial charge in [0.2, 0.25) is 11.9 Å². The van der Waals surface area contributed by atoms with E-state index in [0.717, 1.165) is 37.7 Å². The standard InChI is InChI=1S/C17H29N5O/c1-17(2,3)15(23)21(6)13-8-11-22(12-9-13)16-18-10-7-14(19-16)20(4)5/h7,10,13H,8-9,11-12H2,1-6H3. The minimum Gasteiger partial charge on any atom is -0.363 e. The summed E-state index contributed by atoms with van der Waals surface area (Å²) in [5.74, 6) is 1.90. The molecular weight excluding hydrogens is 290 g/mol. The Morgan fingerprint density at radius 3 is 2.35 bits per heavy atom. The number of piperidine rings is 1. The molecule has 6 nitrogen and oxygen atoms in total. The van der Waals surface area contributed by atoms with Crippen molar-refractivity contribution in [1.29, 1.82) is 0 Å². The van der Waals surface area contributed by atoms with E-state index in [0.29, 0.717) is 6.04 Å². The van der Waals surface area contributed by atoms with Gasteiger partial charge in [0.1, 0.15) is 5.82 Å². The molecule has 1 amide bonds. The minimum absolute atomic E-state index is 0.210. The number of carbonyl (C=O) groups is 1. The highest BCUT2D eigenvalue weighted by Crippen LogP contribution is 2.24. The fourth-order valence-corrected chi connectivity index (χ4v) is 2.89. The molecule has 0 saturated carbocycles. The molecule has 0 unspecified atom stereocenters. The summed E-state index contributed by atoms with van der Waals surface area (Å²) in [6, 6.07) is 2.21. The number of nitrogens with zero attached hydrogens (tertiary/aromatic N) is 5. The molecule has 1 aliphatic rings. The van der Waals surface area contributed by atoms with Crippen molar-refractivity contribution in [3.63, 3.8) is 0 Å². The van der Waals surface area contributed by atoms with Crippen LogP contribution in [0.15, 0.2) is 12.3 Å². The molecule has 23 heavy (non-hydrogen) atoms. The molecule has 2 rings (SSSR count). The third kappa shape index (κ3) is 4.12. The van der Waals surface area contributed by atoms with Gasteiger partial charge >= 0.3 is 0 Å². The van der Waals surface area contributed by atoms with Crippen LogP contribution >= 0.6 is 0 Å². The van der Waals surface area contributed by atoms with Crippen LogP contribution in [0.2, 0.25) is 0 Å². The van der Waals surface area contributed by atoms with Crippen LogP contribution in [0.4, 0.5) is 11.8 Å². The Kier molecular flexibility index (Phi) is 5.12. The first-order chi connectivity index (χ1) is 10.7. The summed E-state index contributed by atoms with van der Waals surface area (Å²) < 4.78 is 0. The smallest absolute Gasteiger partial charge is 0.227 e. The van der Waals surface area contributed by atoms with Crippen LogP contribution < -0.4 is 9.80 Å². The maximum absolute atomic E-state index is 12.4. The molecular formula is C17H29N5O. The number of hydrogen-bond donors (Lipinski definition) is 0. The van der Waals surface area contributed by atoms with Gasteiger partial charge in [0.15, 0.2) is 0 Å². The number of amides is 1. The summed E-state index contributed by atoms with van der Waals surface area (Å²) in [7, 11) is 5.88. The molecule has 1 aromatic heterocycles. The van der Waals surface area contributed by atoms with Gasteiger partial charge < -0.3 is 14.7 Å². The van der Waals surface area contributed by atoms with Crippen LogP contribution in [0, 0.1) is 5.41 Å². The highest BCUT2D eigenvalue weighted by atomic mass is 16.2. The Morgan fingerprint density at radius 1 is 1.22 bits per heavy atom. The quantitative estimate of drug-likeness (QED) is 0.853. The molecule has 0 radical (unpaired) electrons. The van der Waals surface area contributed by atoms with E-state index >= 15 is 0 Å². The molecule has 1 fully saturated rings. The highest BCUT2D eigenvalue weighted by molar-refractivity contribution is 5.81. The van der Waals surface area contributed by atoms with Gasteiger partial charge in [0, 0.05) is 51.9 Å². The zero-order valence-electron chi connectivity index (χ0n) is 15.2. The fourth-order valence-electron chi connectivity index (χ4n) is 2.89. The predicted molar refractivity (Wildman–Crippen MR) is 93.8 cm³/mol. The van der Waals surface area contributed by atoms with Crippen molar-refractivity contribution < 1.29 is 4.79 Å². The second-order valence-electron chi connectivity index (χ2n) is 7.49. The Hall–Kier alpha value is -1.85. The van der Waals surface area contributed by atoms with Crippen LogP contribution in [0.5, 0.6) is 0 Å². The Labute approximate surface area is 139 Å².